The molecule has 0 spiro atoms. The summed E-state index contributed by atoms with van der Waals surface area (Å²) in [6.07, 6.45) is 10.0. The number of thioether (sulfide) groups is 1. The smallest absolute Gasteiger partial charge is 0.326 e. The van der Waals surface area contributed by atoms with Gasteiger partial charge < -0.3 is 19.9 Å². The molecule has 2 N–H and O–H groups in total. The summed E-state index contributed by atoms with van der Waals surface area (Å²) in [7, 11) is 1.75. The van der Waals surface area contributed by atoms with Crippen molar-refractivity contribution in [3.8, 4) is 11.1 Å². The van der Waals surface area contributed by atoms with Gasteiger partial charge in [-0.05, 0) is 84.9 Å². The number of methoxy groups -OCH3 is 1. The summed E-state index contributed by atoms with van der Waals surface area (Å²) in [5.41, 5.74) is 4.44. The van der Waals surface area contributed by atoms with E-state index in [2.05, 4.69) is 16.3 Å². The monoisotopic (exact) mass is 582 g/mol. The molecule has 0 radical (unpaired) electrons. The summed E-state index contributed by atoms with van der Waals surface area (Å²) in [5, 5.41) is 12.4. The van der Waals surface area contributed by atoms with Gasteiger partial charge in [0.1, 0.15) is 6.04 Å². The summed E-state index contributed by atoms with van der Waals surface area (Å²) in [6.45, 7) is 5.13. The van der Waals surface area contributed by atoms with Crippen LogP contribution >= 0.6 is 11.8 Å². The molecule has 2 fully saturated rings. The van der Waals surface area contributed by atoms with E-state index < -0.39 is 12.0 Å². The molecule has 0 bridgehead atoms. The van der Waals surface area contributed by atoms with E-state index in [0.717, 1.165) is 48.4 Å². The first-order chi connectivity index (χ1) is 19.9. The van der Waals surface area contributed by atoms with E-state index in [1.807, 2.05) is 49.6 Å². The van der Waals surface area contributed by atoms with Gasteiger partial charge in [0.25, 0.3) is 5.91 Å². The number of hydrogen-bond acceptors (Lipinski definition) is 6. The van der Waals surface area contributed by atoms with Crippen LogP contribution in [0.4, 0.5) is 0 Å². The lowest BCUT2D eigenvalue weighted by atomic mass is 9.90. The number of nitrogens with one attached hydrogen (secondary N) is 1. The summed E-state index contributed by atoms with van der Waals surface area (Å²) in [6, 6.07) is 13.3. The lowest BCUT2D eigenvalue weighted by Gasteiger charge is -2.25. The number of carbonyl (C=O) groups is 2. The van der Waals surface area contributed by atoms with Crippen LogP contribution in [-0.4, -0.2) is 78.9 Å². The Hall–Kier alpha value is -2.39. The van der Waals surface area contributed by atoms with Crippen molar-refractivity contribution >= 4 is 23.6 Å². The topological polar surface area (TPSA) is 88.1 Å². The van der Waals surface area contributed by atoms with E-state index >= 15 is 0 Å². The minimum atomic E-state index is -1.01. The maximum absolute atomic E-state index is 13.4. The second kappa shape index (κ2) is 15.7. The lowest BCUT2D eigenvalue weighted by molar-refractivity contribution is -0.139. The highest BCUT2D eigenvalue weighted by molar-refractivity contribution is 7.98. The summed E-state index contributed by atoms with van der Waals surface area (Å²) in [4.78, 5) is 27.7. The minimum Gasteiger partial charge on any atom is -0.480 e. The van der Waals surface area contributed by atoms with Gasteiger partial charge >= 0.3 is 5.97 Å². The fraction of sp³-hybridized carbons (Fsp3) is 0.576. The van der Waals surface area contributed by atoms with Gasteiger partial charge in [-0.2, -0.15) is 11.8 Å². The predicted molar refractivity (Wildman–Crippen MR) is 166 cm³/mol. The second-order valence-electron chi connectivity index (χ2n) is 11.6. The number of carbonyl (C=O) groups excluding carboxylic acids is 1. The molecule has 41 heavy (non-hydrogen) atoms. The highest BCUT2D eigenvalue weighted by Crippen LogP contribution is 2.31. The molecule has 2 aromatic rings. The first-order valence-corrected chi connectivity index (χ1v) is 16.3. The lowest BCUT2D eigenvalue weighted by Crippen LogP contribution is -2.41. The Morgan fingerprint density at radius 2 is 1.88 bits per heavy atom. The van der Waals surface area contributed by atoms with E-state index in [1.54, 1.807) is 18.9 Å². The number of amides is 1. The third-order valence-corrected chi connectivity index (χ3v) is 9.15. The van der Waals surface area contributed by atoms with Crippen LogP contribution < -0.4 is 5.32 Å². The number of benzene rings is 2. The highest BCUT2D eigenvalue weighted by atomic mass is 32.2. The molecule has 1 saturated carbocycles. The molecule has 8 heteroatoms. The normalized spacial score (nSPS) is 20.7. The minimum absolute atomic E-state index is 0.201. The number of aliphatic carboxylic acids is 1. The Balaban J connectivity index is 1.53. The fourth-order valence-corrected chi connectivity index (χ4v) is 6.66. The van der Waals surface area contributed by atoms with Crippen LogP contribution in [0.2, 0.25) is 0 Å². The van der Waals surface area contributed by atoms with Crippen molar-refractivity contribution in [1.82, 2.24) is 10.2 Å². The third-order valence-electron chi connectivity index (χ3n) is 8.50. The molecule has 2 aromatic carbocycles. The first-order valence-electron chi connectivity index (χ1n) is 15.0. The maximum Gasteiger partial charge on any atom is 0.326 e. The molecule has 0 aromatic heterocycles. The number of hydrogen-bond donors (Lipinski definition) is 2. The molecule has 1 aliphatic carbocycles. The SMILES string of the molecule is COCC1C[C@H](OCC2CCCCC2)CN1Cc1ccc(C(=O)NC(CCSC)C(=O)O)c(-c2ccccc2C)c1. The van der Waals surface area contributed by atoms with Crippen molar-refractivity contribution in [3.05, 3.63) is 59.2 Å². The standard InChI is InChI=1S/C33H46N2O5S/c1-23-9-7-8-12-28(23)30-17-25(13-14-29(30)32(36)34-31(33(37)38)15-16-41-3)19-35-20-27(18-26(35)22-39-2)40-21-24-10-5-4-6-11-24/h7-9,12-14,17,24,26-27,31H,4-6,10-11,15-16,18-22H2,1-3H3,(H,34,36)(H,37,38)/t26?,27-,31?/m0/s1. The Kier molecular flexibility index (Phi) is 12.1. The zero-order chi connectivity index (χ0) is 29.2. The molecular weight excluding hydrogens is 536 g/mol. The molecule has 1 heterocycles. The molecule has 224 valence electrons. The average Bonchev–Trinajstić information content (AvgIpc) is 3.35. The zero-order valence-corrected chi connectivity index (χ0v) is 25.6. The second-order valence-corrected chi connectivity index (χ2v) is 12.6. The Bertz CT molecular complexity index is 1150. The van der Waals surface area contributed by atoms with Crippen molar-refractivity contribution in [1.29, 1.82) is 0 Å². The van der Waals surface area contributed by atoms with Crippen molar-refractivity contribution in [3.63, 3.8) is 0 Å². The third kappa shape index (κ3) is 8.80. The number of likely N-dealkylation sites (tertiary alicyclic amines) is 1. The molecular formula is C33H46N2O5S. The molecule has 4 rings (SSSR count). The molecule has 1 amide bonds. The van der Waals surface area contributed by atoms with Gasteiger partial charge in [-0.25, -0.2) is 4.79 Å². The van der Waals surface area contributed by atoms with E-state index in [-0.39, 0.29) is 18.1 Å². The summed E-state index contributed by atoms with van der Waals surface area (Å²) < 4.78 is 12.0. The van der Waals surface area contributed by atoms with Crippen molar-refractivity contribution in [2.45, 2.75) is 76.6 Å². The van der Waals surface area contributed by atoms with Crippen LogP contribution in [0.5, 0.6) is 0 Å². The van der Waals surface area contributed by atoms with Gasteiger partial charge in [-0.15, -0.1) is 0 Å². The predicted octanol–water partition coefficient (Wildman–Crippen LogP) is 5.78. The molecule has 1 aliphatic heterocycles. The Morgan fingerprint density at radius 3 is 2.59 bits per heavy atom. The summed E-state index contributed by atoms with van der Waals surface area (Å²) >= 11 is 1.57. The molecule has 2 unspecified atom stereocenters. The molecule has 2 aliphatic rings. The number of aryl methyl sites for hydroxylation is 1. The van der Waals surface area contributed by atoms with Gasteiger partial charge in [0.15, 0.2) is 0 Å². The van der Waals surface area contributed by atoms with Crippen LogP contribution in [0, 0.1) is 12.8 Å². The highest BCUT2D eigenvalue weighted by Gasteiger charge is 2.33. The van der Waals surface area contributed by atoms with Crippen LogP contribution in [0.3, 0.4) is 0 Å². The van der Waals surface area contributed by atoms with Crippen molar-refractivity contribution < 1.29 is 24.2 Å². The first kappa shape index (κ1) is 31.5. The van der Waals surface area contributed by atoms with Gasteiger partial charge in [-0.3, -0.25) is 9.69 Å². The van der Waals surface area contributed by atoms with Gasteiger partial charge in [0, 0.05) is 38.4 Å². The zero-order valence-electron chi connectivity index (χ0n) is 24.8. The van der Waals surface area contributed by atoms with Gasteiger partial charge in [0.05, 0.1) is 12.7 Å². The van der Waals surface area contributed by atoms with Gasteiger partial charge in [-0.1, -0.05) is 49.6 Å². The van der Waals surface area contributed by atoms with Crippen LogP contribution in [0.1, 0.15) is 66.4 Å². The maximum atomic E-state index is 13.4. The molecule has 1 saturated heterocycles. The number of carboxylic acid groups (broad SMARTS) is 1. The number of carboxylic acids is 1. The van der Waals surface area contributed by atoms with Crippen LogP contribution in [-0.2, 0) is 20.8 Å². The Morgan fingerprint density at radius 1 is 1.10 bits per heavy atom. The number of rotatable bonds is 14. The molecule has 7 nitrogen and oxygen atoms in total. The largest absolute Gasteiger partial charge is 0.480 e. The fourth-order valence-electron chi connectivity index (χ4n) is 6.19. The van der Waals surface area contributed by atoms with E-state index in [4.69, 9.17) is 9.47 Å². The Labute approximate surface area is 249 Å². The number of ether oxygens (including phenoxy) is 2. The average molecular weight is 583 g/mol. The van der Waals surface area contributed by atoms with E-state index in [0.29, 0.717) is 30.3 Å². The quantitative estimate of drug-likeness (QED) is 0.292. The number of nitrogens with zero attached hydrogens (tertiary/aromatic N) is 1. The van der Waals surface area contributed by atoms with E-state index in [9.17, 15) is 14.7 Å². The van der Waals surface area contributed by atoms with Gasteiger partial charge in [0.2, 0.25) is 0 Å². The van der Waals surface area contributed by atoms with Crippen molar-refractivity contribution in [2.24, 2.45) is 5.92 Å². The summed E-state index contributed by atoms with van der Waals surface area (Å²) in [5.74, 6) is -0.0293. The van der Waals surface area contributed by atoms with Crippen LogP contribution in [0.15, 0.2) is 42.5 Å². The van der Waals surface area contributed by atoms with Crippen molar-refractivity contribution in [2.75, 3.05) is 38.9 Å². The van der Waals surface area contributed by atoms with E-state index in [1.165, 1.54) is 32.1 Å². The molecule has 3 atom stereocenters. The van der Waals surface area contributed by atoms with Crippen LogP contribution in [0.25, 0.3) is 11.1 Å².